The molecule has 5 atom stereocenters. The van der Waals surface area contributed by atoms with E-state index in [0.717, 1.165) is 0 Å². The molecular weight excluding hydrogens is 348 g/mol. The Morgan fingerprint density at radius 1 is 1.00 bits per heavy atom. The first-order chi connectivity index (χ1) is 11.5. The van der Waals surface area contributed by atoms with Crippen LogP contribution in [0.2, 0.25) is 0 Å². The molecule has 0 heterocycles. The van der Waals surface area contributed by atoms with Crippen molar-refractivity contribution in [1.82, 2.24) is 16.0 Å². The molecule has 0 radical (unpaired) electrons. The Balaban J connectivity index is 4.94. The van der Waals surface area contributed by atoms with Crippen molar-refractivity contribution in [3.05, 3.63) is 0 Å². The molecular formula is C15H28N4O5S. The van der Waals surface area contributed by atoms with Gasteiger partial charge in [-0.25, -0.2) is 4.79 Å². The number of amides is 3. The minimum absolute atomic E-state index is 0.0817. The van der Waals surface area contributed by atoms with Crippen LogP contribution in [0, 0.1) is 5.92 Å². The summed E-state index contributed by atoms with van der Waals surface area (Å²) in [5.41, 5.74) is 5.50. The molecule has 25 heavy (non-hydrogen) atoms. The molecule has 10 heteroatoms. The van der Waals surface area contributed by atoms with Gasteiger partial charge >= 0.3 is 5.97 Å². The van der Waals surface area contributed by atoms with Crippen LogP contribution in [0.25, 0.3) is 0 Å². The molecule has 0 aromatic carbocycles. The predicted molar refractivity (Wildman–Crippen MR) is 96.1 cm³/mol. The third kappa shape index (κ3) is 7.74. The first-order valence-corrected chi connectivity index (χ1v) is 8.68. The fourth-order valence-corrected chi connectivity index (χ4v) is 2.09. The fraction of sp³-hybridized carbons (Fsp3) is 0.733. The zero-order valence-electron chi connectivity index (χ0n) is 14.9. The van der Waals surface area contributed by atoms with Crippen LogP contribution < -0.4 is 21.7 Å². The fourth-order valence-electron chi connectivity index (χ4n) is 1.84. The normalized spacial score (nSPS) is 16.7. The molecule has 0 rings (SSSR count). The lowest BCUT2D eigenvalue weighted by Crippen LogP contribution is -2.57. The number of aliphatic carboxylic acids is 1. The molecule has 0 aliphatic rings. The monoisotopic (exact) mass is 376 g/mol. The summed E-state index contributed by atoms with van der Waals surface area (Å²) in [6.07, 6.45) is 0.624. The highest BCUT2D eigenvalue weighted by Crippen LogP contribution is 2.08. The van der Waals surface area contributed by atoms with Gasteiger partial charge in [0.1, 0.15) is 18.1 Å². The summed E-state index contributed by atoms with van der Waals surface area (Å²) < 4.78 is 0. The van der Waals surface area contributed by atoms with Crippen molar-refractivity contribution in [1.29, 1.82) is 0 Å². The molecule has 0 aliphatic heterocycles. The molecule has 0 aromatic rings. The van der Waals surface area contributed by atoms with Gasteiger partial charge < -0.3 is 26.8 Å². The Labute approximate surface area is 152 Å². The van der Waals surface area contributed by atoms with E-state index in [1.165, 1.54) is 13.8 Å². The second-order valence-corrected chi connectivity index (χ2v) is 6.34. The van der Waals surface area contributed by atoms with E-state index in [2.05, 4.69) is 28.6 Å². The zero-order valence-corrected chi connectivity index (χ0v) is 15.8. The first-order valence-electron chi connectivity index (χ1n) is 8.05. The van der Waals surface area contributed by atoms with Gasteiger partial charge in [-0.1, -0.05) is 20.3 Å². The molecule has 9 nitrogen and oxygen atoms in total. The van der Waals surface area contributed by atoms with Crippen LogP contribution in [0.4, 0.5) is 0 Å². The number of rotatable bonds is 10. The molecule has 0 saturated heterocycles. The smallest absolute Gasteiger partial charge is 0.327 e. The number of nitrogens with two attached hydrogens (primary N) is 1. The molecule has 3 amide bonds. The summed E-state index contributed by atoms with van der Waals surface area (Å²) >= 11 is 3.85. The summed E-state index contributed by atoms with van der Waals surface area (Å²) in [4.78, 5) is 47.2. The average Bonchev–Trinajstić information content (AvgIpc) is 2.55. The maximum Gasteiger partial charge on any atom is 0.327 e. The van der Waals surface area contributed by atoms with Gasteiger partial charge in [0.05, 0.1) is 6.04 Å². The SMILES string of the molecule is CC[C@H](C)[C@H](NC(=O)[C@H](C)N)C(=O)N[C@@H](C)C(=O)N[C@@H](CS)C(=O)O. The van der Waals surface area contributed by atoms with Crippen molar-refractivity contribution in [3.8, 4) is 0 Å². The van der Waals surface area contributed by atoms with Crippen molar-refractivity contribution < 1.29 is 24.3 Å². The van der Waals surface area contributed by atoms with Crippen molar-refractivity contribution in [2.45, 2.75) is 58.3 Å². The highest BCUT2D eigenvalue weighted by molar-refractivity contribution is 7.80. The lowest BCUT2D eigenvalue weighted by molar-refractivity contribution is -0.141. The summed E-state index contributed by atoms with van der Waals surface area (Å²) in [5.74, 6) is -3.15. The van der Waals surface area contributed by atoms with Gasteiger partial charge in [0.25, 0.3) is 0 Å². The van der Waals surface area contributed by atoms with E-state index in [-0.39, 0.29) is 11.7 Å². The highest BCUT2D eigenvalue weighted by atomic mass is 32.1. The van der Waals surface area contributed by atoms with Crippen molar-refractivity contribution in [2.24, 2.45) is 11.7 Å². The number of thiol groups is 1. The quantitative estimate of drug-likeness (QED) is 0.266. The number of nitrogens with one attached hydrogen (secondary N) is 3. The number of carboxylic acids is 1. The Morgan fingerprint density at radius 2 is 1.56 bits per heavy atom. The molecule has 0 bridgehead atoms. The van der Waals surface area contributed by atoms with Crippen molar-refractivity contribution in [3.63, 3.8) is 0 Å². The minimum Gasteiger partial charge on any atom is -0.480 e. The summed E-state index contributed by atoms with van der Waals surface area (Å²) in [7, 11) is 0. The molecule has 144 valence electrons. The van der Waals surface area contributed by atoms with Gasteiger partial charge in [0.15, 0.2) is 0 Å². The minimum atomic E-state index is -1.22. The van der Waals surface area contributed by atoms with Crippen LogP contribution in [0.15, 0.2) is 0 Å². The maximum atomic E-state index is 12.4. The maximum absolute atomic E-state index is 12.4. The largest absolute Gasteiger partial charge is 0.480 e. The Morgan fingerprint density at radius 3 is 1.96 bits per heavy atom. The van der Waals surface area contributed by atoms with Crippen molar-refractivity contribution >= 4 is 36.3 Å². The second-order valence-electron chi connectivity index (χ2n) is 5.97. The van der Waals surface area contributed by atoms with Gasteiger partial charge in [0, 0.05) is 5.75 Å². The Hall–Kier alpha value is -1.81. The third-order valence-electron chi connectivity index (χ3n) is 3.76. The lowest BCUT2D eigenvalue weighted by atomic mass is 9.97. The van der Waals surface area contributed by atoms with Crippen LogP contribution in [-0.2, 0) is 19.2 Å². The van der Waals surface area contributed by atoms with E-state index in [9.17, 15) is 19.2 Å². The van der Waals surface area contributed by atoms with Crippen LogP contribution in [0.3, 0.4) is 0 Å². The molecule has 0 fully saturated rings. The average molecular weight is 376 g/mol. The number of carboxylic acid groups (broad SMARTS) is 1. The van der Waals surface area contributed by atoms with Gasteiger partial charge in [-0.05, 0) is 19.8 Å². The van der Waals surface area contributed by atoms with Crippen LogP contribution in [0.5, 0.6) is 0 Å². The topological polar surface area (TPSA) is 151 Å². The second kappa shape index (κ2) is 10.9. The zero-order chi connectivity index (χ0) is 19.7. The summed E-state index contributed by atoms with van der Waals surface area (Å²) in [5, 5.41) is 16.2. The van der Waals surface area contributed by atoms with E-state index < -0.39 is 47.9 Å². The van der Waals surface area contributed by atoms with Gasteiger partial charge in [0.2, 0.25) is 17.7 Å². The summed E-state index contributed by atoms with van der Waals surface area (Å²) in [6.45, 7) is 6.58. The van der Waals surface area contributed by atoms with E-state index >= 15 is 0 Å². The third-order valence-corrected chi connectivity index (χ3v) is 4.12. The molecule has 6 N–H and O–H groups in total. The van der Waals surface area contributed by atoms with Crippen molar-refractivity contribution in [2.75, 3.05) is 5.75 Å². The van der Waals surface area contributed by atoms with Crippen LogP contribution in [-0.4, -0.2) is 58.7 Å². The van der Waals surface area contributed by atoms with E-state index in [0.29, 0.717) is 6.42 Å². The van der Waals surface area contributed by atoms with Gasteiger partial charge in [-0.15, -0.1) is 0 Å². The standard InChI is InChI=1S/C15H28N4O5S/c1-5-7(2)11(19-12(20)8(3)16)14(22)17-9(4)13(21)18-10(6-25)15(23)24/h7-11,25H,5-6,16H2,1-4H3,(H,17,22)(H,18,21)(H,19,20)(H,23,24)/t7-,8-,9-,10-,11-/m0/s1. The van der Waals surface area contributed by atoms with Crippen LogP contribution in [0.1, 0.15) is 34.1 Å². The van der Waals surface area contributed by atoms with E-state index in [1.54, 1.807) is 6.92 Å². The number of carbonyl (C=O) groups is 4. The van der Waals surface area contributed by atoms with Gasteiger partial charge in [-0.3, -0.25) is 14.4 Å². The summed E-state index contributed by atoms with van der Waals surface area (Å²) in [6, 6.07) is -3.75. The van der Waals surface area contributed by atoms with E-state index in [4.69, 9.17) is 10.8 Å². The van der Waals surface area contributed by atoms with E-state index in [1.807, 2.05) is 6.92 Å². The van der Waals surface area contributed by atoms with Gasteiger partial charge in [-0.2, -0.15) is 12.6 Å². The predicted octanol–water partition coefficient (Wildman–Crippen LogP) is -1.13. The number of hydrogen-bond acceptors (Lipinski definition) is 6. The van der Waals surface area contributed by atoms with Crippen LogP contribution >= 0.6 is 12.6 Å². The molecule has 0 aromatic heterocycles. The Bertz CT molecular complexity index is 500. The molecule has 0 saturated carbocycles. The number of hydrogen-bond donors (Lipinski definition) is 6. The molecule has 0 spiro atoms. The first kappa shape index (κ1) is 23.2. The lowest BCUT2D eigenvalue weighted by Gasteiger charge is -2.26. The number of carbonyl (C=O) groups excluding carboxylic acids is 3. The molecule has 0 aliphatic carbocycles. The molecule has 0 unspecified atom stereocenters. The Kier molecular flexibility index (Phi) is 10.1. The highest BCUT2D eigenvalue weighted by Gasteiger charge is 2.30.